The van der Waals surface area contributed by atoms with Gasteiger partial charge in [0.15, 0.2) is 0 Å². The van der Waals surface area contributed by atoms with Crippen LogP contribution in [0.25, 0.3) is 0 Å². The fourth-order valence-electron chi connectivity index (χ4n) is 1.22. The largest absolute Gasteiger partial charge is 0.373 e. The van der Waals surface area contributed by atoms with E-state index >= 15 is 0 Å². The topological polar surface area (TPSA) is 54.0 Å². The quantitative estimate of drug-likeness (QED) is 0.823. The van der Waals surface area contributed by atoms with E-state index in [0.29, 0.717) is 12.1 Å². The summed E-state index contributed by atoms with van der Waals surface area (Å²) in [5, 5.41) is 5.84. The lowest BCUT2D eigenvalue weighted by molar-refractivity contribution is 0.0935. The molecule has 4 heteroatoms. The molecule has 0 saturated heterocycles. The lowest BCUT2D eigenvalue weighted by atomic mass is 9.90. The van der Waals surface area contributed by atoms with Crippen molar-refractivity contribution in [3.05, 3.63) is 23.9 Å². The third-order valence-corrected chi connectivity index (χ3v) is 2.97. The van der Waals surface area contributed by atoms with Crippen LogP contribution in [-0.2, 0) is 0 Å². The van der Waals surface area contributed by atoms with E-state index in [-0.39, 0.29) is 11.3 Å². The molecule has 0 aromatic carbocycles. The molecule has 0 aliphatic heterocycles. The van der Waals surface area contributed by atoms with Gasteiger partial charge in [-0.1, -0.05) is 20.8 Å². The Bertz CT molecular complexity index is 371. The molecule has 1 amide bonds. The van der Waals surface area contributed by atoms with E-state index in [9.17, 15) is 4.79 Å². The highest BCUT2D eigenvalue weighted by molar-refractivity contribution is 5.94. The number of aromatic nitrogens is 1. The third kappa shape index (κ3) is 4.06. The van der Waals surface area contributed by atoms with Crippen molar-refractivity contribution >= 4 is 11.7 Å². The van der Waals surface area contributed by atoms with Crippen molar-refractivity contribution in [3.8, 4) is 0 Å². The number of hydrogen-bond donors (Lipinski definition) is 2. The average Bonchev–Trinajstić information content (AvgIpc) is 2.36. The summed E-state index contributed by atoms with van der Waals surface area (Å²) in [4.78, 5) is 15.9. The minimum Gasteiger partial charge on any atom is -0.373 e. The Morgan fingerprint density at radius 1 is 1.41 bits per heavy atom. The van der Waals surface area contributed by atoms with Crippen molar-refractivity contribution in [2.45, 2.75) is 27.2 Å². The number of carbonyl (C=O) groups is 1. The van der Waals surface area contributed by atoms with Crippen molar-refractivity contribution < 1.29 is 4.79 Å². The molecule has 0 bridgehead atoms. The number of pyridine rings is 1. The summed E-state index contributed by atoms with van der Waals surface area (Å²) >= 11 is 0. The zero-order chi connectivity index (χ0) is 12.9. The number of nitrogens with zero attached hydrogens (tertiary/aromatic N) is 1. The molecule has 17 heavy (non-hydrogen) atoms. The molecule has 0 unspecified atom stereocenters. The number of rotatable bonds is 5. The molecule has 0 aliphatic rings. The maximum atomic E-state index is 11.8. The number of carbonyl (C=O) groups excluding carboxylic acids is 1. The van der Waals surface area contributed by atoms with Crippen molar-refractivity contribution in [2.75, 3.05) is 18.9 Å². The van der Waals surface area contributed by atoms with Crippen LogP contribution in [0.4, 0.5) is 5.82 Å². The highest BCUT2D eigenvalue weighted by Crippen LogP contribution is 2.17. The molecule has 1 rings (SSSR count). The van der Waals surface area contributed by atoms with Crippen LogP contribution in [0.15, 0.2) is 18.3 Å². The first-order valence-corrected chi connectivity index (χ1v) is 5.90. The summed E-state index contributed by atoms with van der Waals surface area (Å²) in [5.41, 5.74) is 0.726. The molecular weight excluding hydrogens is 214 g/mol. The van der Waals surface area contributed by atoms with Gasteiger partial charge in [0.05, 0.1) is 5.56 Å². The van der Waals surface area contributed by atoms with Crippen molar-refractivity contribution in [2.24, 2.45) is 5.41 Å². The summed E-state index contributed by atoms with van der Waals surface area (Å²) in [7, 11) is 1.80. The van der Waals surface area contributed by atoms with Gasteiger partial charge in [0.25, 0.3) is 5.91 Å². The van der Waals surface area contributed by atoms with Crippen LogP contribution >= 0.6 is 0 Å². The molecule has 1 aromatic heterocycles. The molecule has 94 valence electrons. The third-order valence-electron chi connectivity index (χ3n) is 2.97. The Morgan fingerprint density at radius 2 is 2.12 bits per heavy atom. The zero-order valence-corrected chi connectivity index (χ0v) is 11.0. The molecule has 4 nitrogen and oxygen atoms in total. The standard InChI is InChI=1S/C13H21N3O/c1-5-13(2,3)9-16-12(17)10-6-7-11(14-4)15-8-10/h6-8H,5,9H2,1-4H3,(H,14,15)(H,16,17). The smallest absolute Gasteiger partial charge is 0.252 e. The Labute approximate surface area is 103 Å². The van der Waals surface area contributed by atoms with Crippen molar-refractivity contribution in [3.63, 3.8) is 0 Å². The number of amides is 1. The summed E-state index contributed by atoms with van der Waals surface area (Å²) in [6.45, 7) is 7.07. The van der Waals surface area contributed by atoms with Crippen LogP contribution in [0.3, 0.4) is 0 Å². The minimum absolute atomic E-state index is 0.0679. The molecule has 1 heterocycles. The van der Waals surface area contributed by atoms with E-state index in [1.807, 2.05) is 0 Å². The van der Waals surface area contributed by atoms with Crippen molar-refractivity contribution in [1.82, 2.24) is 10.3 Å². The number of anilines is 1. The summed E-state index contributed by atoms with van der Waals surface area (Å²) in [5.74, 6) is 0.692. The second-order valence-electron chi connectivity index (χ2n) is 4.88. The Hall–Kier alpha value is -1.58. The van der Waals surface area contributed by atoms with E-state index in [1.54, 1.807) is 25.4 Å². The first kappa shape index (κ1) is 13.5. The first-order valence-electron chi connectivity index (χ1n) is 5.90. The lowest BCUT2D eigenvalue weighted by Gasteiger charge is -2.22. The molecule has 0 saturated carbocycles. The SMILES string of the molecule is CCC(C)(C)CNC(=O)c1ccc(NC)nc1. The molecular formula is C13H21N3O. The van der Waals surface area contributed by atoms with Crippen LogP contribution in [0, 0.1) is 5.41 Å². The highest BCUT2D eigenvalue weighted by Gasteiger charge is 2.16. The van der Waals surface area contributed by atoms with E-state index in [2.05, 4.69) is 36.4 Å². The van der Waals surface area contributed by atoms with Crippen LogP contribution in [0.2, 0.25) is 0 Å². The fraction of sp³-hybridized carbons (Fsp3) is 0.538. The van der Waals surface area contributed by atoms with Crippen LogP contribution in [0.5, 0.6) is 0 Å². The monoisotopic (exact) mass is 235 g/mol. The molecule has 0 fully saturated rings. The van der Waals surface area contributed by atoms with Gasteiger partial charge in [-0.05, 0) is 24.0 Å². The Kier molecular flexibility index (Phi) is 4.49. The van der Waals surface area contributed by atoms with Crippen molar-refractivity contribution in [1.29, 1.82) is 0 Å². The van der Waals surface area contributed by atoms with Gasteiger partial charge in [0.2, 0.25) is 0 Å². The number of nitrogens with one attached hydrogen (secondary N) is 2. The second-order valence-corrected chi connectivity index (χ2v) is 4.88. The zero-order valence-electron chi connectivity index (χ0n) is 11.0. The first-order chi connectivity index (χ1) is 7.98. The van der Waals surface area contributed by atoms with Gasteiger partial charge in [0.1, 0.15) is 5.82 Å². The molecule has 0 spiro atoms. The molecule has 2 N–H and O–H groups in total. The molecule has 0 atom stereocenters. The van der Waals surface area contributed by atoms with Gasteiger partial charge in [-0.3, -0.25) is 4.79 Å². The lowest BCUT2D eigenvalue weighted by Crippen LogP contribution is -2.33. The van der Waals surface area contributed by atoms with E-state index in [1.165, 1.54) is 0 Å². The molecule has 0 aliphatic carbocycles. The maximum absolute atomic E-state index is 11.8. The van der Waals surface area contributed by atoms with Gasteiger partial charge in [-0.2, -0.15) is 0 Å². The van der Waals surface area contributed by atoms with Gasteiger partial charge in [-0.15, -0.1) is 0 Å². The highest BCUT2D eigenvalue weighted by atomic mass is 16.1. The molecule has 0 radical (unpaired) electrons. The average molecular weight is 235 g/mol. The van der Waals surface area contributed by atoms with E-state index in [4.69, 9.17) is 0 Å². The predicted octanol–water partition coefficient (Wildman–Crippen LogP) is 2.29. The van der Waals surface area contributed by atoms with Crippen LogP contribution in [-0.4, -0.2) is 24.5 Å². The van der Waals surface area contributed by atoms with Crippen LogP contribution in [0.1, 0.15) is 37.6 Å². The van der Waals surface area contributed by atoms with Gasteiger partial charge >= 0.3 is 0 Å². The Morgan fingerprint density at radius 3 is 2.59 bits per heavy atom. The van der Waals surface area contributed by atoms with E-state index in [0.717, 1.165) is 12.2 Å². The molecule has 1 aromatic rings. The second kappa shape index (κ2) is 5.66. The fourth-order valence-corrected chi connectivity index (χ4v) is 1.22. The minimum atomic E-state index is -0.0679. The summed E-state index contributed by atoms with van der Waals surface area (Å²) in [6.07, 6.45) is 2.62. The summed E-state index contributed by atoms with van der Waals surface area (Å²) < 4.78 is 0. The van der Waals surface area contributed by atoms with Gasteiger partial charge in [-0.25, -0.2) is 4.98 Å². The maximum Gasteiger partial charge on any atom is 0.252 e. The normalized spacial score (nSPS) is 11.1. The van der Waals surface area contributed by atoms with Gasteiger partial charge < -0.3 is 10.6 Å². The summed E-state index contributed by atoms with van der Waals surface area (Å²) in [6, 6.07) is 3.56. The van der Waals surface area contributed by atoms with E-state index < -0.39 is 0 Å². The Balaban J connectivity index is 2.58. The van der Waals surface area contributed by atoms with Crippen LogP contribution < -0.4 is 10.6 Å². The number of hydrogen-bond acceptors (Lipinski definition) is 3. The predicted molar refractivity (Wildman–Crippen MR) is 70.2 cm³/mol. The van der Waals surface area contributed by atoms with Gasteiger partial charge in [0, 0.05) is 19.8 Å².